The van der Waals surface area contributed by atoms with E-state index in [9.17, 15) is 9.90 Å². The van der Waals surface area contributed by atoms with Gasteiger partial charge in [0.25, 0.3) is 0 Å². The van der Waals surface area contributed by atoms with E-state index in [0.29, 0.717) is 12.5 Å². The third-order valence-electron chi connectivity index (χ3n) is 5.72. The second-order valence-corrected chi connectivity index (χ2v) is 8.72. The smallest absolute Gasteiger partial charge is 0.407 e. The lowest BCUT2D eigenvalue weighted by Crippen LogP contribution is -2.51. The van der Waals surface area contributed by atoms with Gasteiger partial charge in [0.2, 0.25) is 0 Å². The summed E-state index contributed by atoms with van der Waals surface area (Å²) in [7, 11) is 0. The number of benzene rings is 1. The Morgan fingerprint density at radius 2 is 2.08 bits per heavy atom. The zero-order valence-electron chi connectivity index (χ0n) is 15.9. The Morgan fingerprint density at radius 3 is 2.68 bits per heavy atom. The van der Waals surface area contributed by atoms with E-state index in [1.54, 1.807) is 4.90 Å². The molecule has 25 heavy (non-hydrogen) atoms. The van der Waals surface area contributed by atoms with E-state index in [4.69, 9.17) is 10.5 Å². The highest BCUT2D eigenvalue weighted by Gasteiger charge is 2.41. The molecule has 0 aliphatic carbocycles. The molecule has 0 saturated carbocycles. The van der Waals surface area contributed by atoms with Crippen LogP contribution in [0.15, 0.2) is 6.07 Å². The molecule has 2 aliphatic heterocycles. The standard InChI is InChI=1S/C20H30N2O3/c1-11-8-15(21)18-14(9-12(2)25-18)17(11)13-6-7-22(19(23)24)16(10-13)20(3,4)5/h8,12-13,16H,6-7,9-10,21H2,1-5H3,(H,23,24). The lowest BCUT2D eigenvalue weighted by Gasteiger charge is -2.45. The van der Waals surface area contributed by atoms with E-state index >= 15 is 0 Å². The summed E-state index contributed by atoms with van der Waals surface area (Å²) in [6.07, 6.45) is 1.92. The second kappa shape index (κ2) is 6.11. The van der Waals surface area contributed by atoms with Crippen molar-refractivity contribution in [1.82, 2.24) is 4.90 Å². The van der Waals surface area contributed by atoms with Crippen molar-refractivity contribution in [3.05, 3.63) is 22.8 Å². The summed E-state index contributed by atoms with van der Waals surface area (Å²) >= 11 is 0. The minimum Gasteiger partial charge on any atom is -0.488 e. The molecule has 3 rings (SSSR count). The summed E-state index contributed by atoms with van der Waals surface area (Å²) < 4.78 is 5.95. The number of ether oxygens (including phenoxy) is 1. The summed E-state index contributed by atoms with van der Waals surface area (Å²) in [4.78, 5) is 13.3. The van der Waals surface area contributed by atoms with Gasteiger partial charge < -0.3 is 20.5 Å². The van der Waals surface area contributed by atoms with Crippen LogP contribution in [0.25, 0.3) is 0 Å². The van der Waals surface area contributed by atoms with Crippen LogP contribution in [0.5, 0.6) is 5.75 Å². The van der Waals surface area contributed by atoms with Gasteiger partial charge in [-0.25, -0.2) is 4.79 Å². The maximum atomic E-state index is 11.7. The predicted molar refractivity (Wildman–Crippen MR) is 99.3 cm³/mol. The van der Waals surface area contributed by atoms with E-state index in [1.807, 2.05) is 6.07 Å². The Hall–Kier alpha value is -1.91. The van der Waals surface area contributed by atoms with Crippen molar-refractivity contribution in [3.8, 4) is 5.75 Å². The number of carboxylic acid groups (broad SMARTS) is 1. The number of aryl methyl sites for hydroxylation is 1. The second-order valence-electron chi connectivity index (χ2n) is 8.72. The molecule has 0 radical (unpaired) electrons. The van der Waals surface area contributed by atoms with Crippen LogP contribution < -0.4 is 10.5 Å². The molecule has 3 unspecified atom stereocenters. The molecule has 2 heterocycles. The van der Waals surface area contributed by atoms with Gasteiger partial charge in [0, 0.05) is 24.6 Å². The number of rotatable bonds is 1. The number of nitrogen functional groups attached to an aromatic ring is 1. The Labute approximate surface area is 150 Å². The molecule has 1 amide bonds. The molecule has 5 nitrogen and oxygen atoms in total. The highest BCUT2D eigenvalue weighted by Crippen LogP contribution is 2.46. The SMILES string of the molecule is Cc1cc(N)c2c(c1C1CCN(C(=O)O)C(C(C)(C)C)C1)CC(C)O2. The minimum atomic E-state index is -0.811. The molecule has 1 aromatic rings. The molecule has 1 fully saturated rings. The first-order valence-corrected chi connectivity index (χ1v) is 9.17. The summed E-state index contributed by atoms with van der Waals surface area (Å²) in [6, 6.07) is 2.03. The molecule has 3 atom stereocenters. The lowest BCUT2D eigenvalue weighted by molar-refractivity contribution is 0.0524. The highest BCUT2D eigenvalue weighted by molar-refractivity contribution is 5.67. The third kappa shape index (κ3) is 3.16. The maximum absolute atomic E-state index is 11.7. The molecule has 5 heteroatoms. The van der Waals surface area contributed by atoms with Crippen molar-refractivity contribution in [1.29, 1.82) is 0 Å². The van der Waals surface area contributed by atoms with E-state index in [-0.39, 0.29) is 17.6 Å². The number of nitrogens with zero attached hydrogens (tertiary/aromatic N) is 1. The van der Waals surface area contributed by atoms with E-state index in [2.05, 4.69) is 34.6 Å². The topological polar surface area (TPSA) is 75.8 Å². The van der Waals surface area contributed by atoms with Gasteiger partial charge in [-0.15, -0.1) is 0 Å². The van der Waals surface area contributed by atoms with Crippen LogP contribution in [0.2, 0.25) is 0 Å². The molecule has 138 valence electrons. The number of piperidine rings is 1. The monoisotopic (exact) mass is 346 g/mol. The normalized spacial score (nSPS) is 26.3. The molecular formula is C20H30N2O3. The van der Waals surface area contributed by atoms with E-state index < -0.39 is 6.09 Å². The van der Waals surface area contributed by atoms with Crippen LogP contribution in [0, 0.1) is 12.3 Å². The van der Waals surface area contributed by atoms with Crippen LogP contribution in [-0.4, -0.2) is 34.8 Å². The first-order valence-electron chi connectivity index (χ1n) is 9.17. The zero-order valence-corrected chi connectivity index (χ0v) is 15.9. The Morgan fingerprint density at radius 1 is 1.40 bits per heavy atom. The van der Waals surface area contributed by atoms with Gasteiger partial charge in [0.15, 0.2) is 0 Å². The molecule has 1 saturated heterocycles. The third-order valence-corrected chi connectivity index (χ3v) is 5.72. The van der Waals surface area contributed by atoms with Gasteiger partial charge in [0.1, 0.15) is 11.9 Å². The quantitative estimate of drug-likeness (QED) is 0.748. The molecule has 3 N–H and O–H groups in total. The fraction of sp³-hybridized carbons (Fsp3) is 0.650. The number of hydrogen-bond donors (Lipinski definition) is 2. The number of likely N-dealkylation sites (tertiary alicyclic amines) is 1. The van der Waals surface area contributed by atoms with Gasteiger partial charge in [-0.3, -0.25) is 0 Å². The molecule has 2 aliphatic rings. The first-order chi connectivity index (χ1) is 11.6. The summed E-state index contributed by atoms with van der Waals surface area (Å²) in [6.45, 7) is 11.1. The summed E-state index contributed by atoms with van der Waals surface area (Å²) in [5, 5.41) is 9.60. The van der Waals surface area contributed by atoms with Crippen LogP contribution in [0.4, 0.5) is 10.5 Å². The number of anilines is 1. The average Bonchev–Trinajstić information content (AvgIpc) is 2.88. The Kier molecular flexibility index (Phi) is 4.38. The predicted octanol–water partition coefficient (Wildman–Crippen LogP) is 4.17. The molecular weight excluding hydrogens is 316 g/mol. The molecule has 0 spiro atoms. The Balaban J connectivity index is 1.99. The van der Waals surface area contributed by atoms with Gasteiger partial charge in [-0.2, -0.15) is 0 Å². The van der Waals surface area contributed by atoms with Crippen LogP contribution in [0.3, 0.4) is 0 Å². The zero-order chi connectivity index (χ0) is 18.5. The van der Waals surface area contributed by atoms with Crippen molar-refractivity contribution in [3.63, 3.8) is 0 Å². The number of nitrogens with two attached hydrogens (primary N) is 1. The van der Waals surface area contributed by atoms with Crippen molar-refractivity contribution < 1.29 is 14.6 Å². The minimum absolute atomic E-state index is 0.0103. The largest absolute Gasteiger partial charge is 0.488 e. The van der Waals surface area contributed by atoms with Crippen LogP contribution in [-0.2, 0) is 6.42 Å². The Bertz CT molecular complexity index is 693. The van der Waals surface area contributed by atoms with Gasteiger partial charge in [-0.05, 0) is 55.2 Å². The number of carbonyl (C=O) groups is 1. The lowest BCUT2D eigenvalue weighted by atomic mass is 9.73. The number of hydrogen-bond acceptors (Lipinski definition) is 3. The van der Waals surface area contributed by atoms with E-state index in [0.717, 1.165) is 30.7 Å². The van der Waals surface area contributed by atoms with Gasteiger partial charge in [0.05, 0.1) is 5.69 Å². The van der Waals surface area contributed by atoms with Crippen molar-refractivity contribution in [2.24, 2.45) is 5.41 Å². The summed E-state index contributed by atoms with van der Waals surface area (Å²) in [5.41, 5.74) is 10.6. The van der Waals surface area contributed by atoms with Crippen LogP contribution >= 0.6 is 0 Å². The van der Waals surface area contributed by atoms with Crippen molar-refractivity contribution >= 4 is 11.8 Å². The van der Waals surface area contributed by atoms with Gasteiger partial charge in [-0.1, -0.05) is 20.8 Å². The maximum Gasteiger partial charge on any atom is 0.407 e. The first kappa shape index (κ1) is 17.9. The number of amides is 1. The molecule has 0 aromatic heterocycles. The fourth-order valence-corrected chi connectivity index (χ4v) is 4.63. The number of fused-ring (bicyclic) bond motifs is 1. The fourth-order valence-electron chi connectivity index (χ4n) is 4.63. The highest BCUT2D eigenvalue weighted by atomic mass is 16.5. The van der Waals surface area contributed by atoms with Crippen molar-refractivity contribution in [2.75, 3.05) is 12.3 Å². The average molecular weight is 346 g/mol. The summed E-state index contributed by atoms with van der Waals surface area (Å²) in [5.74, 6) is 1.20. The molecule has 0 bridgehead atoms. The van der Waals surface area contributed by atoms with Gasteiger partial charge >= 0.3 is 6.09 Å². The molecule has 1 aromatic carbocycles. The van der Waals surface area contributed by atoms with Crippen molar-refractivity contribution in [2.45, 2.75) is 71.9 Å². The van der Waals surface area contributed by atoms with E-state index in [1.165, 1.54) is 16.7 Å². The van der Waals surface area contributed by atoms with Crippen LogP contribution in [0.1, 0.15) is 63.1 Å².